The highest BCUT2D eigenvalue weighted by Crippen LogP contribution is 2.34. The molecule has 1 amide bonds. The second-order valence-corrected chi connectivity index (χ2v) is 8.31. The molecule has 0 radical (unpaired) electrons. The third kappa shape index (κ3) is 4.97. The number of aryl methyl sites for hydroxylation is 1. The number of amides is 1. The molecule has 1 aliphatic heterocycles. The fraction of sp³-hybridized carbons (Fsp3) is 0.429. The van der Waals surface area contributed by atoms with E-state index in [-0.39, 0.29) is 11.3 Å². The molecule has 0 fully saturated rings. The maximum Gasteiger partial charge on any atom is 0.239 e. The number of anilines is 2. The van der Waals surface area contributed by atoms with E-state index in [9.17, 15) is 13.6 Å². The zero-order valence-electron chi connectivity index (χ0n) is 16.6. The summed E-state index contributed by atoms with van der Waals surface area (Å²) in [6.07, 6.45) is 0.378. The summed E-state index contributed by atoms with van der Waals surface area (Å²) in [6.45, 7) is 9.15. The van der Waals surface area contributed by atoms with Crippen molar-refractivity contribution in [3.8, 4) is 5.88 Å². The summed E-state index contributed by atoms with van der Waals surface area (Å²) in [7, 11) is 0. The molecule has 0 saturated carbocycles. The van der Waals surface area contributed by atoms with Gasteiger partial charge in [0.25, 0.3) is 0 Å². The molecule has 3 rings (SSSR count). The molecule has 0 saturated heterocycles. The van der Waals surface area contributed by atoms with E-state index in [4.69, 9.17) is 4.74 Å². The van der Waals surface area contributed by atoms with E-state index in [0.29, 0.717) is 43.4 Å². The second-order valence-electron chi connectivity index (χ2n) is 8.31. The zero-order chi connectivity index (χ0) is 20.5. The second kappa shape index (κ2) is 7.73. The van der Waals surface area contributed by atoms with Crippen LogP contribution in [0.1, 0.15) is 38.3 Å². The molecule has 2 aromatic rings. The Bertz CT molecular complexity index is 874. The molecule has 5 nitrogen and oxygen atoms in total. The van der Waals surface area contributed by atoms with Gasteiger partial charge in [-0.05, 0) is 41.7 Å². The summed E-state index contributed by atoms with van der Waals surface area (Å²) in [5.41, 5.74) is 1.94. The summed E-state index contributed by atoms with van der Waals surface area (Å²) >= 11 is 0. The number of ether oxygens (including phenoxy) is 1. The van der Waals surface area contributed by atoms with Gasteiger partial charge in [0.1, 0.15) is 29.7 Å². The molecule has 1 aliphatic rings. The molecule has 1 N–H and O–H groups in total. The molecule has 7 heteroatoms. The average Bonchev–Trinajstić information content (AvgIpc) is 2.53. The summed E-state index contributed by atoms with van der Waals surface area (Å²) < 4.78 is 32.7. The van der Waals surface area contributed by atoms with Gasteiger partial charge >= 0.3 is 0 Å². The predicted molar refractivity (Wildman–Crippen MR) is 105 cm³/mol. The first-order chi connectivity index (χ1) is 13.1. The Labute approximate surface area is 163 Å². The van der Waals surface area contributed by atoms with Crippen molar-refractivity contribution in [2.24, 2.45) is 5.41 Å². The molecular weight excluding hydrogens is 364 g/mol. The van der Waals surface area contributed by atoms with Gasteiger partial charge in [-0.25, -0.2) is 8.78 Å². The molecule has 0 atom stereocenters. The molecule has 0 spiro atoms. The minimum atomic E-state index is -0.602. The van der Waals surface area contributed by atoms with Crippen molar-refractivity contribution >= 4 is 17.4 Å². The van der Waals surface area contributed by atoms with Gasteiger partial charge in [-0.15, -0.1) is 0 Å². The number of pyridine rings is 1. The minimum absolute atomic E-state index is 0.106. The Morgan fingerprint density at radius 1 is 1.21 bits per heavy atom. The van der Waals surface area contributed by atoms with Crippen molar-refractivity contribution in [3.63, 3.8) is 0 Å². The summed E-state index contributed by atoms with van der Waals surface area (Å²) in [6, 6.07) is 5.37. The first-order valence-electron chi connectivity index (χ1n) is 9.25. The Morgan fingerprint density at radius 2 is 1.89 bits per heavy atom. The number of aromatic nitrogens is 1. The molecular formula is C21H25F2N3O2. The first kappa shape index (κ1) is 20.0. The van der Waals surface area contributed by atoms with Crippen LogP contribution in [-0.4, -0.2) is 24.0 Å². The number of halogens is 2. The number of carbonyl (C=O) groups excluding carboxylic acids is 1. The van der Waals surface area contributed by atoms with Gasteiger partial charge in [-0.3, -0.25) is 4.79 Å². The van der Waals surface area contributed by atoms with E-state index in [1.165, 1.54) is 12.1 Å². The quantitative estimate of drug-likeness (QED) is 0.840. The lowest BCUT2D eigenvalue weighted by atomic mass is 9.92. The molecule has 2 heterocycles. The lowest BCUT2D eigenvalue weighted by molar-refractivity contribution is -0.117. The highest BCUT2D eigenvalue weighted by molar-refractivity contribution is 5.91. The Hall–Kier alpha value is -2.70. The van der Waals surface area contributed by atoms with Crippen LogP contribution in [0, 0.1) is 24.0 Å². The summed E-state index contributed by atoms with van der Waals surface area (Å²) in [5, 5.41) is 2.85. The fourth-order valence-corrected chi connectivity index (χ4v) is 3.16. The van der Waals surface area contributed by atoms with Crippen molar-refractivity contribution in [2.75, 3.05) is 23.4 Å². The van der Waals surface area contributed by atoms with Crippen LogP contribution in [0.3, 0.4) is 0 Å². The molecule has 1 aromatic carbocycles. The number of nitrogens with zero attached hydrogens (tertiary/aromatic N) is 2. The van der Waals surface area contributed by atoms with E-state index in [1.54, 1.807) is 0 Å². The Kier molecular flexibility index (Phi) is 5.54. The van der Waals surface area contributed by atoms with Crippen molar-refractivity contribution < 1.29 is 18.3 Å². The van der Waals surface area contributed by atoms with Gasteiger partial charge in [0.15, 0.2) is 0 Å². The highest BCUT2D eigenvalue weighted by Gasteiger charge is 2.23. The summed E-state index contributed by atoms with van der Waals surface area (Å²) in [5.74, 6) is -0.443. The molecule has 1 aromatic heterocycles. The van der Waals surface area contributed by atoms with E-state index in [2.05, 4.69) is 10.3 Å². The van der Waals surface area contributed by atoms with Crippen molar-refractivity contribution in [1.29, 1.82) is 0 Å². The molecule has 0 bridgehead atoms. The van der Waals surface area contributed by atoms with Crippen molar-refractivity contribution in [3.05, 3.63) is 47.0 Å². The van der Waals surface area contributed by atoms with Crippen molar-refractivity contribution in [1.82, 2.24) is 4.98 Å². The minimum Gasteiger partial charge on any atom is -0.474 e. The number of hydrogen-bond donors (Lipinski definition) is 1. The highest BCUT2D eigenvalue weighted by atomic mass is 19.1. The largest absolute Gasteiger partial charge is 0.474 e. The van der Waals surface area contributed by atoms with Crippen LogP contribution in [0.15, 0.2) is 24.3 Å². The zero-order valence-corrected chi connectivity index (χ0v) is 16.6. The van der Waals surface area contributed by atoms with Crippen molar-refractivity contribution in [2.45, 2.75) is 40.7 Å². The van der Waals surface area contributed by atoms with Crippen LogP contribution >= 0.6 is 0 Å². The first-order valence-corrected chi connectivity index (χ1v) is 9.25. The number of rotatable bonds is 4. The third-order valence-corrected chi connectivity index (χ3v) is 4.34. The predicted octanol–water partition coefficient (Wildman–Crippen LogP) is 4.44. The molecule has 0 aliphatic carbocycles. The molecule has 150 valence electrons. The lowest BCUT2D eigenvalue weighted by Crippen LogP contribution is -2.33. The van der Waals surface area contributed by atoms with Gasteiger partial charge in [0, 0.05) is 19.0 Å². The van der Waals surface area contributed by atoms with E-state index >= 15 is 0 Å². The Balaban J connectivity index is 1.82. The molecule has 0 unspecified atom stereocenters. The monoisotopic (exact) mass is 389 g/mol. The fourth-order valence-electron chi connectivity index (χ4n) is 3.16. The number of hydrogen-bond acceptors (Lipinski definition) is 4. The van der Waals surface area contributed by atoms with Gasteiger partial charge in [-0.2, -0.15) is 4.98 Å². The maximum absolute atomic E-state index is 13.5. The summed E-state index contributed by atoms with van der Waals surface area (Å²) in [4.78, 5) is 18.7. The average molecular weight is 389 g/mol. The normalized spacial score (nSPS) is 13.7. The van der Waals surface area contributed by atoms with Gasteiger partial charge in [0.2, 0.25) is 11.8 Å². The topological polar surface area (TPSA) is 54.5 Å². The number of carbonyl (C=O) groups is 1. The lowest BCUT2D eigenvalue weighted by Gasteiger charge is -2.31. The van der Waals surface area contributed by atoms with Crippen LogP contribution in [-0.2, 0) is 11.3 Å². The van der Waals surface area contributed by atoms with Crippen LogP contribution in [0.2, 0.25) is 0 Å². The third-order valence-electron chi connectivity index (χ3n) is 4.34. The standard InChI is InChI=1S/C21H25F2N3O2/c1-13-7-17-20(25-19(13)24-18(27)11-21(2,3)4)28-6-5-26(17)12-14-8-15(22)10-16(23)9-14/h7-10H,5-6,11-12H2,1-4H3,(H,24,25,27). The smallest absolute Gasteiger partial charge is 0.239 e. The number of fused-ring (bicyclic) bond motifs is 1. The van der Waals surface area contributed by atoms with Gasteiger partial charge in [-0.1, -0.05) is 20.8 Å². The van der Waals surface area contributed by atoms with Crippen LogP contribution in [0.4, 0.5) is 20.3 Å². The van der Waals surface area contributed by atoms with Gasteiger partial charge in [0.05, 0.1) is 6.54 Å². The van der Waals surface area contributed by atoms with Gasteiger partial charge < -0.3 is 15.0 Å². The number of nitrogens with one attached hydrogen (secondary N) is 1. The van der Waals surface area contributed by atoms with E-state index in [1.807, 2.05) is 38.7 Å². The van der Waals surface area contributed by atoms with Crippen LogP contribution in [0.5, 0.6) is 5.88 Å². The maximum atomic E-state index is 13.5. The number of benzene rings is 1. The van der Waals surface area contributed by atoms with Crippen LogP contribution < -0.4 is 15.0 Å². The van der Waals surface area contributed by atoms with E-state index in [0.717, 1.165) is 17.3 Å². The molecule has 28 heavy (non-hydrogen) atoms. The Morgan fingerprint density at radius 3 is 2.54 bits per heavy atom. The van der Waals surface area contributed by atoms with Crippen LogP contribution in [0.25, 0.3) is 0 Å². The SMILES string of the molecule is Cc1cc2c(nc1NC(=O)CC(C)(C)C)OCCN2Cc1cc(F)cc(F)c1. The van der Waals surface area contributed by atoms with E-state index < -0.39 is 11.6 Å².